The molecule has 10 heteroatoms. The number of rotatable bonds is 2. The molecule has 0 spiro atoms. The molecule has 1 atom stereocenters. The summed E-state index contributed by atoms with van der Waals surface area (Å²) in [7, 11) is 2.01. The average Bonchev–Trinajstić information content (AvgIpc) is 3.04. The molecular formula is C15H17N7O3. The van der Waals surface area contributed by atoms with E-state index < -0.39 is 11.2 Å². The van der Waals surface area contributed by atoms with Gasteiger partial charge in [0.1, 0.15) is 11.3 Å². The molecule has 3 aromatic heterocycles. The van der Waals surface area contributed by atoms with E-state index in [1.165, 1.54) is 0 Å². The second kappa shape index (κ2) is 5.90. The molecular weight excluding hydrogens is 326 g/mol. The Balaban J connectivity index is 1.78. The standard InChI is InChI=1S/C15H17N7O3/c1-7-5-8(17-12-10(7)13(23)20-15(24)19-12)14-18-11(21-25-14)9-6-16-3-4-22(9)2/h5,9,16H,3-4,6H2,1-2H3,(H2,17,19,20,23,24). The molecule has 1 unspecified atom stereocenters. The summed E-state index contributed by atoms with van der Waals surface area (Å²) in [6.07, 6.45) is 0. The van der Waals surface area contributed by atoms with Crippen LogP contribution < -0.4 is 16.6 Å². The molecule has 0 bridgehead atoms. The number of fused-ring (bicyclic) bond motifs is 1. The molecule has 10 nitrogen and oxygen atoms in total. The van der Waals surface area contributed by atoms with Gasteiger partial charge in [-0.05, 0) is 25.6 Å². The van der Waals surface area contributed by atoms with Crippen LogP contribution in [-0.2, 0) is 0 Å². The van der Waals surface area contributed by atoms with Crippen LogP contribution in [0.2, 0.25) is 0 Å². The Morgan fingerprint density at radius 2 is 2.12 bits per heavy atom. The fourth-order valence-corrected chi connectivity index (χ4v) is 3.03. The van der Waals surface area contributed by atoms with Crippen LogP contribution in [-0.4, -0.2) is 56.7 Å². The highest BCUT2D eigenvalue weighted by molar-refractivity contribution is 5.79. The first kappa shape index (κ1) is 15.7. The van der Waals surface area contributed by atoms with Gasteiger partial charge in [0.15, 0.2) is 5.82 Å². The summed E-state index contributed by atoms with van der Waals surface area (Å²) in [5.41, 5.74) is 0.184. The van der Waals surface area contributed by atoms with E-state index in [1.54, 1.807) is 13.0 Å². The predicted molar refractivity (Wildman–Crippen MR) is 89.3 cm³/mol. The summed E-state index contributed by atoms with van der Waals surface area (Å²) in [5, 5.41) is 7.70. The maximum absolute atomic E-state index is 11.9. The van der Waals surface area contributed by atoms with E-state index in [-0.39, 0.29) is 17.6 Å². The molecule has 0 amide bonds. The molecule has 0 saturated carbocycles. The second-order valence-corrected chi connectivity index (χ2v) is 6.11. The summed E-state index contributed by atoms with van der Waals surface area (Å²) in [4.78, 5) is 39.1. The highest BCUT2D eigenvalue weighted by Gasteiger charge is 2.26. The van der Waals surface area contributed by atoms with E-state index in [0.29, 0.717) is 22.5 Å². The van der Waals surface area contributed by atoms with Gasteiger partial charge in [0.25, 0.3) is 11.4 Å². The fourth-order valence-electron chi connectivity index (χ4n) is 3.03. The van der Waals surface area contributed by atoms with Crippen molar-refractivity contribution in [3.63, 3.8) is 0 Å². The minimum atomic E-state index is -0.609. The van der Waals surface area contributed by atoms with Crippen LogP contribution in [0.25, 0.3) is 22.6 Å². The highest BCUT2D eigenvalue weighted by atomic mass is 16.5. The number of aryl methyl sites for hydroxylation is 1. The summed E-state index contributed by atoms with van der Waals surface area (Å²) < 4.78 is 5.36. The molecule has 0 radical (unpaired) electrons. The van der Waals surface area contributed by atoms with Crippen molar-refractivity contribution in [2.75, 3.05) is 26.7 Å². The lowest BCUT2D eigenvalue weighted by Crippen LogP contribution is -2.44. The van der Waals surface area contributed by atoms with Gasteiger partial charge in [-0.3, -0.25) is 19.7 Å². The van der Waals surface area contributed by atoms with Gasteiger partial charge in [-0.2, -0.15) is 4.98 Å². The van der Waals surface area contributed by atoms with E-state index in [2.05, 4.69) is 35.3 Å². The van der Waals surface area contributed by atoms with Crippen LogP contribution in [0.1, 0.15) is 17.4 Å². The first-order chi connectivity index (χ1) is 12.0. The van der Waals surface area contributed by atoms with Crippen LogP contribution in [0.3, 0.4) is 0 Å². The molecule has 1 aliphatic heterocycles. The van der Waals surface area contributed by atoms with Crippen molar-refractivity contribution < 1.29 is 4.52 Å². The number of H-pyrrole nitrogens is 2. The molecule has 130 valence electrons. The van der Waals surface area contributed by atoms with Crippen molar-refractivity contribution in [1.82, 2.24) is 35.3 Å². The third-order valence-electron chi connectivity index (χ3n) is 4.37. The first-order valence-corrected chi connectivity index (χ1v) is 7.92. The number of hydrogen-bond donors (Lipinski definition) is 3. The minimum Gasteiger partial charge on any atom is -0.332 e. The lowest BCUT2D eigenvalue weighted by Gasteiger charge is -2.30. The van der Waals surface area contributed by atoms with Crippen LogP contribution in [0.15, 0.2) is 20.2 Å². The maximum Gasteiger partial charge on any atom is 0.327 e. The van der Waals surface area contributed by atoms with Crippen molar-refractivity contribution >= 4 is 11.0 Å². The molecule has 4 heterocycles. The summed E-state index contributed by atoms with van der Waals surface area (Å²) in [6, 6.07) is 1.71. The Hall–Kier alpha value is -2.85. The van der Waals surface area contributed by atoms with Crippen molar-refractivity contribution in [1.29, 1.82) is 0 Å². The number of aromatic nitrogens is 5. The fraction of sp³-hybridized carbons (Fsp3) is 0.400. The zero-order chi connectivity index (χ0) is 17.6. The molecule has 1 aliphatic rings. The molecule has 3 aromatic rings. The molecule has 0 aliphatic carbocycles. The number of nitrogens with one attached hydrogen (secondary N) is 3. The van der Waals surface area contributed by atoms with Gasteiger partial charge < -0.3 is 9.84 Å². The second-order valence-electron chi connectivity index (χ2n) is 6.11. The van der Waals surface area contributed by atoms with Gasteiger partial charge in [-0.15, -0.1) is 0 Å². The Labute approximate surface area is 141 Å². The molecule has 25 heavy (non-hydrogen) atoms. The molecule has 1 saturated heterocycles. The minimum absolute atomic E-state index is 0.0236. The third-order valence-corrected chi connectivity index (χ3v) is 4.37. The highest BCUT2D eigenvalue weighted by Crippen LogP contribution is 2.23. The monoisotopic (exact) mass is 343 g/mol. The van der Waals surface area contributed by atoms with E-state index in [1.807, 2.05) is 7.05 Å². The van der Waals surface area contributed by atoms with Gasteiger partial charge in [0, 0.05) is 19.6 Å². The van der Waals surface area contributed by atoms with Crippen LogP contribution in [0.5, 0.6) is 0 Å². The number of piperazine rings is 1. The smallest absolute Gasteiger partial charge is 0.327 e. The zero-order valence-corrected chi connectivity index (χ0v) is 13.8. The van der Waals surface area contributed by atoms with Crippen LogP contribution >= 0.6 is 0 Å². The Morgan fingerprint density at radius 1 is 1.28 bits per heavy atom. The predicted octanol–water partition coefficient (Wildman–Crippen LogP) is -0.454. The van der Waals surface area contributed by atoms with Crippen molar-refractivity contribution in [2.24, 2.45) is 0 Å². The Morgan fingerprint density at radius 3 is 2.92 bits per heavy atom. The van der Waals surface area contributed by atoms with Gasteiger partial charge in [-0.25, -0.2) is 9.78 Å². The van der Waals surface area contributed by atoms with E-state index >= 15 is 0 Å². The van der Waals surface area contributed by atoms with E-state index in [4.69, 9.17) is 4.52 Å². The van der Waals surface area contributed by atoms with Crippen molar-refractivity contribution in [3.8, 4) is 11.6 Å². The maximum atomic E-state index is 11.9. The van der Waals surface area contributed by atoms with E-state index in [0.717, 1.165) is 19.6 Å². The third kappa shape index (κ3) is 2.75. The van der Waals surface area contributed by atoms with Gasteiger partial charge in [-0.1, -0.05) is 5.16 Å². The van der Waals surface area contributed by atoms with Gasteiger partial charge in [0.05, 0.1) is 11.4 Å². The number of aromatic amines is 2. The topological polar surface area (TPSA) is 133 Å². The number of hydrogen-bond acceptors (Lipinski definition) is 8. The zero-order valence-electron chi connectivity index (χ0n) is 13.8. The van der Waals surface area contributed by atoms with Gasteiger partial charge in [0.2, 0.25) is 0 Å². The van der Waals surface area contributed by atoms with Crippen LogP contribution in [0.4, 0.5) is 0 Å². The van der Waals surface area contributed by atoms with Crippen molar-refractivity contribution in [3.05, 3.63) is 38.3 Å². The number of pyridine rings is 1. The Bertz CT molecular complexity index is 1050. The molecule has 4 rings (SSSR count). The number of nitrogens with zero attached hydrogens (tertiary/aromatic N) is 4. The molecule has 3 N–H and O–H groups in total. The van der Waals surface area contributed by atoms with E-state index in [9.17, 15) is 9.59 Å². The largest absolute Gasteiger partial charge is 0.332 e. The molecule has 1 fully saturated rings. The summed E-state index contributed by atoms with van der Waals surface area (Å²) >= 11 is 0. The number of likely N-dealkylation sites (N-methyl/N-ethyl adjacent to an activating group) is 1. The SMILES string of the molecule is Cc1cc(-c2nc(C3CNCCN3C)no2)nc2[nH]c(=O)[nH]c(=O)c12. The first-order valence-electron chi connectivity index (χ1n) is 7.92. The molecule has 0 aromatic carbocycles. The summed E-state index contributed by atoms with van der Waals surface area (Å²) in [5.74, 6) is 0.823. The normalized spacial score (nSPS) is 18.7. The lowest BCUT2D eigenvalue weighted by atomic mass is 10.1. The van der Waals surface area contributed by atoms with Crippen LogP contribution in [0, 0.1) is 6.92 Å². The Kier molecular flexibility index (Phi) is 3.70. The average molecular weight is 343 g/mol. The van der Waals surface area contributed by atoms with Gasteiger partial charge >= 0.3 is 5.69 Å². The quantitative estimate of drug-likeness (QED) is 0.570. The summed E-state index contributed by atoms with van der Waals surface area (Å²) in [6.45, 7) is 4.32. The lowest BCUT2D eigenvalue weighted by molar-refractivity contribution is 0.190. The van der Waals surface area contributed by atoms with Crippen molar-refractivity contribution in [2.45, 2.75) is 13.0 Å².